The van der Waals surface area contributed by atoms with Crippen molar-refractivity contribution in [3.8, 4) is 11.4 Å². The van der Waals surface area contributed by atoms with E-state index in [0.717, 1.165) is 72.5 Å². The van der Waals surface area contributed by atoms with E-state index >= 15 is 0 Å². The predicted molar refractivity (Wildman–Crippen MR) is 136 cm³/mol. The number of rotatable bonds is 4. The fourth-order valence-electron chi connectivity index (χ4n) is 5.16. The number of aryl methyl sites for hydroxylation is 1. The average molecular weight is 474 g/mol. The van der Waals surface area contributed by atoms with Crippen molar-refractivity contribution < 1.29 is 4.39 Å². The summed E-state index contributed by atoms with van der Waals surface area (Å²) in [7, 11) is 0. The van der Waals surface area contributed by atoms with Crippen LogP contribution >= 0.6 is 11.3 Å². The minimum absolute atomic E-state index is 0.123. The molecule has 0 amide bonds. The van der Waals surface area contributed by atoms with Gasteiger partial charge in [0.15, 0.2) is 5.82 Å². The molecule has 3 aromatic heterocycles. The first-order chi connectivity index (χ1) is 16.7. The predicted octanol–water partition coefficient (Wildman–Crippen LogP) is 5.34. The summed E-state index contributed by atoms with van der Waals surface area (Å²) >= 11 is 1.84. The molecule has 0 bridgehead atoms. The molecule has 0 saturated carbocycles. The molecule has 174 valence electrons. The Morgan fingerprint density at radius 2 is 1.91 bits per heavy atom. The maximum atomic E-state index is 14.2. The number of piperazine rings is 1. The van der Waals surface area contributed by atoms with Gasteiger partial charge in [-0.05, 0) is 48.9 Å². The fraction of sp³-hybridized carbons (Fsp3) is 0.370. The largest absolute Gasteiger partial charge is 0.353 e. The van der Waals surface area contributed by atoms with Crippen molar-refractivity contribution in [1.29, 1.82) is 0 Å². The second-order valence-corrected chi connectivity index (χ2v) is 10.6. The van der Waals surface area contributed by atoms with Crippen LogP contribution in [-0.4, -0.2) is 46.0 Å². The van der Waals surface area contributed by atoms with E-state index < -0.39 is 0 Å². The van der Waals surface area contributed by atoms with Gasteiger partial charge in [0.25, 0.3) is 0 Å². The monoisotopic (exact) mass is 473 g/mol. The van der Waals surface area contributed by atoms with E-state index in [-0.39, 0.29) is 5.82 Å². The van der Waals surface area contributed by atoms with Crippen molar-refractivity contribution in [3.05, 3.63) is 70.6 Å². The van der Waals surface area contributed by atoms with Gasteiger partial charge in [0.1, 0.15) is 16.5 Å². The van der Waals surface area contributed by atoms with Gasteiger partial charge in [0, 0.05) is 61.1 Å². The Balaban J connectivity index is 1.33. The second-order valence-electron chi connectivity index (χ2n) is 9.50. The minimum atomic E-state index is -0.123. The molecule has 0 unspecified atom stereocenters. The summed E-state index contributed by atoms with van der Waals surface area (Å²) < 4.78 is 14.2. The molecule has 7 heteroatoms. The van der Waals surface area contributed by atoms with E-state index in [1.54, 1.807) is 18.3 Å². The smallest absolute Gasteiger partial charge is 0.164 e. The normalized spacial score (nSPS) is 18.9. The first-order valence-corrected chi connectivity index (χ1v) is 12.9. The maximum Gasteiger partial charge on any atom is 0.164 e. The van der Waals surface area contributed by atoms with E-state index in [4.69, 9.17) is 9.97 Å². The van der Waals surface area contributed by atoms with E-state index in [1.165, 1.54) is 22.2 Å². The molecule has 1 aromatic carbocycles. The lowest BCUT2D eigenvalue weighted by Crippen LogP contribution is -2.46. The molecule has 1 saturated heterocycles. The zero-order valence-electron chi connectivity index (χ0n) is 19.4. The maximum absolute atomic E-state index is 14.2. The number of nitrogens with zero attached hydrogens (tertiary/aromatic N) is 5. The van der Waals surface area contributed by atoms with E-state index in [2.05, 4.69) is 21.7 Å². The summed E-state index contributed by atoms with van der Waals surface area (Å²) in [6.45, 7) is 6.49. The molecule has 5 nitrogen and oxygen atoms in total. The van der Waals surface area contributed by atoms with Crippen LogP contribution in [0.3, 0.4) is 0 Å². The Labute approximate surface area is 203 Å². The Morgan fingerprint density at radius 1 is 1.06 bits per heavy atom. The Bertz CT molecular complexity index is 1310. The molecule has 0 radical (unpaired) electrons. The Morgan fingerprint density at radius 3 is 2.71 bits per heavy atom. The third kappa shape index (κ3) is 4.07. The standard InChI is InChI=1S/C27H28FN5S/c1-18-8-9-21-23(15-18)34-27-24(21)26(30-25(31-27)19-6-4-10-29-16-19)33-13-11-32(12-14-33)17-20-5-2-3-7-22(20)28/h2-7,10,16,18H,8-9,11-15,17H2,1H3/t18-/m1/s1. The highest BCUT2D eigenvalue weighted by molar-refractivity contribution is 7.19. The van der Waals surface area contributed by atoms with Gasteiger partial charge in [-0.2, -0.15) is 0 Å². The van der Waals surface area contributed by atoms with Gasteiger partial charge in [-0.3, -0.25) is 9.88 Å². The van der Waals surface area contributed by atoms with Gasteiger partial charge in [0.2, 0.25) is 0 Å². The molecule has 0 spiro atoms. The third-order valence-corrected chi connectivity index (χ3v) is 8.23. The fourth-order valence-corrected chi connectivity index (χ4v) is 6.54. The van der Waals surface area contributed by atoms with Crippen molar-refractivity contribution in [3.63, 3.8) is 0 Å². The molecule has 1 atom stereocenters. The Hall–Kier alpha value is -2.90. The first-order valence-electron chi connectivity index (χ1n) is 12.1. The van der Waals surface area contributed by atoms with Crippen LogP contribution in [0.4, 0.5) is 10.2 Å². The molecular weight excluding hydrogens is 445 g/mol. The van der Waals surface area contributed by atoms with Crippen molar-refractivity contribution >= 4 is 27.4 Å². The summed E-state index contributed by atoms with van der Waals surface area (Å²) in [6, 6.07) is 11.1. The lowest BCUT2D eigenvalue weighted by atomic mass is 9.89. The molecule has 1 aliphatic carbocycles. The lowest BCUT2D eigenvalue weighted by Gasteiger charge is -2.36. The highest BCUT2D eigenvalue weighted by atomic mass is 32.1. The highest BCUT2D eigenvalue weighted by Crippen LogP contribution is 2.42. The quantitative estimate of drug-likeness (QED) is 0.400. The highest BCUT2D eigenvalue weighted by Gasteiger charge is 2.28. The molecule has 4 aromatic rings. The van der Waals surface area contributed by atoms with Crippen LogP contribution in [0.2, 0.25) is 0 Å². The SMILES string of the molecule is C[C@@H]1CCc2c(sc3nc(-c4cccnc4)nc(N4CCN(Cc5ccccc5F)CC4)c23)C1. The zero-order chi connectivity index (χ0) is 23.1. The summed E-state index contributed by atoms with van der Waals surface area (Å²) in [4.78, 5) is 21.7. The molecule has 34 heavy (non-hydrogen) atoms. The van der Waals surface area contributed by atoms with E-state index in [0.29, 0.717) is 6.54 Å². The number of benzene rings is 1. The van der Waals surface area contributed by atoms with Crippen LogP contribution in [-0.2, 0) is 19.4 Å². The van der Waals surface area contributed by atoms with Crippen molar-refractivity contribution in [1.82, 2.24) is 19.9 Å². The van der Waals surface area contributed by atoms with Gasteiger partial charge in [-0.15, -0.1) is 11.3 Å². The number of pyridine rings is 1. The summed E-state index contributed by atoms with van der Waals surface area (Å²) in [5.41, 5.74) is 3.17. The van der Waals surface area contributed by atoms with Crippen molar-refractivity contribution in [2.75, 3.05) is 31.1 Å². The van der Waals surface area contributed by atoms with Crippen LogP contribution in [0, 0.1) is 11.7 Å². The molecule has 1 fully saturated rings. The topological polar surface area (TPSA) is 45.2 Å². The Kier molecular flexibility index (Phi) is 5.75. The summed E-state index contributed by atoms with van der Waals surface area (Å²) in [5, 5.41) is 1.25. The van der Waals surface area contributed by atoms with Crippen LogP contribution < -0.4 is 4.90 Å². The summed E-state index contributed by atoms with van der Waals surface area (Å²) in [5.74, 6) is 2.40. The molecule has 0 N–H and O–H groups in total. The van der Waals surface area contributed by atoms with Gasteiger partial charge < -0.3 is 4.90 Å². The summed E-state index contributed by atoms with van der Waals surface area (Å²) in [6.07, 6.45) is 7.08. The number of thiophene rings is 1. The van der Waals surface area contributed by atoms with Gasteiger partial charge in [0.05, 0.1) is 5.39 Å². The number of hydrogen-bond acceptors (Lipinski definition) is 6. The van der Waals surface area contributed by atoms with Crippen LogP contribution in [0.15, 0.2) is 48.8 Å². The van der Waals surface area contributed by atoms with Gasteiger partial charge >= 0.3 is 0 Å². The first kappa shape index (κ1) is 21.6. The number of aromatic nitrogens is 3. The zero-order valence-corrected chi connectivity index (χ0v) is 20.2. The van der Waals surface area contributed by atoms with Crippen LogP contribution in [0.5, 0.6) is 0 Å². The lowest BCUT2D eigenvalue weighted by molar-refractivity contribution is 0.246. The third-order valence-electron chi connectivity index (χ3n) is 7.08. The number of fused-ring (bicyclic) bond motifs is 3. The molecular formula is C27H28FN5S. The van der Waals surface area contributed by atoms with Crippen LogP contribution in [0.1, 0.15) is 29.3 Å². The van der Waals surface area contributed by atoms with E-state index in [9.17, 15) is 4.39 Å². The minimum Gasteiger partial charge on any atom is -0.353 e. The number of anilines is 1. The van der Waals surface area contributed by atoms with Crippen LogP contribution in [0.25, 0.3) is 21.6 Å². The molecule has 6 rings (SSSR count). The van der Waals surface area contributed by atoms with E-state index in [1.807, 2.05) is 41.8 Å². The van der Waals surface area contributed by atoms with Crippen molar-refractivity contribution in [2.45, 2.75) is 32.7 Å². The molecule has 4 heterocycles. The van der Waals surface area contributed by atoms with Gasteiger partial charge in [-0.25, -0.2) is 14.4 Å². The molecule has 1 aliphatic heterocycles. The van der Waals surface area contributed by atoms with Gasteiger partial charge in [-0.1, -0.05) is 25.1 Å². The number of hydrogen-bond donors (Lipinski definition) is 0. The average Bonchev–Trinajstić information content (AvgIpc) is 3.23. The molecule has 2 aliphatic rings. The second kappa shape index (κ2) is 9.04. The van der Waals surface area contributed by atoms with Crippen molar-refractivity contribution in [2.24, 2.45) is 5.92 Å². The number of halogens is 1.